The van der Waals surface area contributed by atoms with E-state index in [9.17, 15) is 24.6 Å². The zero-order chi connectivity index (χ0) is 17.4. The molecule has 7 nitrogen and oxygen atoms in total. The van der Waals surface area contributed by atoms with Gasteiger partial charge in [-0.05, 0) is 43.9 Å². The zero-order valence-corrected chi connectivity index (χ0v) is 13.2. The van der Waals surface area contributed by atoms with Crippen LogP contribution < -0.4 is 0 Å². The first-order chi connectivity index (χ1) is 10.8. The molecule has 7 heteroatoms. The third-order valence-corrected chi connectivity index (χ3v) is 4.57. The van der Waals surface area contributed by atoms with Gasteiger partial charge in [-0.15, -0.1) is 0 Å². The van der Waals surface area contributed by atoms with E-state index in [1.54, 1.807) is 0 Å². The van der Waals surface area contributed by atoms with Crippen LogP contribution in [0.1, 0.15) is 57.8 Å². The largest absolute Gasteiger partial charge is 0.481 e. The Kier molecular flexibility index (Phi) is 8.19. The molecule has 0 saturated heterocycles. The van der Waals surface area contributed by atoms with E-state index in [-0.39, 0.29) is 43.3 Å². The fourth-order valence-corrected chi connectivity index (χ4v) is 3.32. The average Bonchev–Trinajstić information content (AvgIpc) is 2.72. The number of carboxylic acid groups (broad SMARTS) is 2. The van der Waals surface area contributed by atoms with Crippen molar-refractivity contribution in [1.82, 2.24) is 0 Å². The van der Waals surface area contributed by atoms with Crippen molar-refractivity contribution in [2.24, 2.45) is 11.8 Å². The molecule has 0 unspecified atom stereocenters. The topological polar surface area (TPSA) is 132 Å². The molecule has 0 aromatic heterocycles. The summed E-state index contributed by atoms with van der Waals surface area (Å²) in [7, 11) is 0. The van der Waals surface area contributed by atoms with Crippen LogP contribution in [0.25, 0.3) is 0 Å². The SMILES string of the molecule is O=C(O)CCCCC(=O)CC[C@@H]1[C@@H](CCC(=O)O)[C@H](O)C[C@H]1O. The summed E-state index contributed by atoms with van der Waals surface area (Å²) in [5.74, 6) is -2.34. The number of carboxylic acids is 2. The lowest BCUT2D eigenvalue weighted by molar-refractivity contribution is -0.138. The van der Waals surface area contributed by atoms with Crippen LogP contribution in [0.4, 0.5) is 0 Å². The summed E-state index contributed by atoms with van der Waals surface area (Å²) in [6, 6.07) is 0. The summed E-state index contributed by atoms with van der Waals surface area (Å²) >= 11 is 0. The van der Waals surface area contributed by atoms with Crippen molar-refractivity contribution in [1.29, 1.82) is 0 Å². The fraction of sp³-hybridized carbons (Fsp3) is 0.812. The van der Waals surface area contributed by atoms with Crippen molar-refractivity contribution >= 4 is 17.7 Å². The molecule has 0 aromatic rings. The van der Waals surface area contributed by atoms with Crippen LogP contribution in [0.2, 0.25) is 0 Å². The molecule has 1 saturated carbocycles. The van der Waals surface area contributed by atoms with Gasteiger partial charge in [0.1, 0.15) is 5.78 Å². The summed E-state index contributed by atoms with van der Waals surface area (Å²) in [5.41, 5.74) is 0. The number of hydrogen-bond donors (Lipinski definition) is 4. The lowest BCUT2D eigenvalue weighted by Gasteiger charge is -2.22. The quantitative estimate of drug-likeness (QED) is 0.418. The Balaban J connectivity index is 2.36. The maximum atomic E-state index is 11.8. The second-order valence-electron chi connectivity index (χ2n) is 6.31. The lowest BCUT2D eigenvalue weighted by Crippen LogP contribution is -2.24. The predicted molar refractivity (Wildman–Crippen MR) is 80.8 cm³/mol. The molecule has 0 heterocycles. The van der Waals surface area contributed by atoms with Crippen molar-refractivity contribution in [2.75, 3.05) is 0 Å². The molecule has 0 amide bonds. The standard InChI is InChI=1S/C16H26O7/c17-10(3-1-2-4-15(20)21)5-6-11-12(7-8-16(22)23)14(19)9-13(11)18/h11-14,18-19H,1-9H2,(H,20,21)(H,22,23)/t11-,12-,13-,14-/m1/s1. The number of carbonyl (C=O) groups excluding carboxylic acids is 1. The van der Waals surface area contributed by atoms with Crippen molar-refractivity contribution in [2.45, 2.75) is 70.0 Å². The Labute approximate surface area is 135 Å². The van der Waals surface area contributed by atoms with Gasteiger partial charge in [-0.2, -0.15) is 0 Å². The minimum absolute atomic E-state index is 0.0148. The maximum Gasteiger partial charge on any atom is 0.303 e. The third kappa shape index (κ3) is 7.09. The van der Waals surface area contributed by atoms with Crippen molar-refractivity contribution in [3.05, 3.63) is 0 Å². The first kappa shape index (κ1) is 19.6. The van der Waals surface area contributed by atoms with Gasteiger partial charge in [0.2, 0.25) is 0 Å². The summed E-state index contributed by atoms with van der Waals surface area (Å²) in [5, 5.41) is 37.2. The van der Waals surface area contributed by atoms with E-state index in [0.29, 0.717) is 32.1 Å². The van der Waals surface area contributed by atoms with Gasteiger partial charge in [0.25, 0.3) is 0 Å². The summed E-state index contributed by atoms with van der Waals surface area (Å²) < 4.78 is 0. The van der Waals surface area contributed by atoms with Crippen LogP contribution in [0.5, 0.6) is 0 Å². The number of Topliss-reactive ketones (excluding diaryl/α,β-unsaturated/α-hetero) is 1. The smallest absolute Gasteiger partial charge is 0.303 e. The first-order valence-corrected chi connectivity index (χ1v) is 8.12. The number of hydrogen-bond acceptors (Lipinski definition) is 5. The molecule has 1 aliphatic rings. The highest BCUT2D eigenvalue weighted by atomic mass is 16.4. The molecule has 0 aliphatic heterocycles. The van der Waals surface area contributed by atoms with Crippen molar-refractivity contribution in [3.8, 4) is 0 Å². The van der Waals surface area contributed by atoms with Crippen LogP contribution in [0.3, 0.4) is 0 Å². The predicted octanol–water partition coefficient (Wildman–Crippen LogP) is 1.20. The first-order valence-electron chi connectivity index (χ1n) is 8.12. The Morgan fingerprint density at radius 3 is 1.74 bits per heavy atom. The number of ketones is 1. The van der Waals surface area contributed by atoms with Gasteiger partial charge >= 0.3 is 11.9 Å². The molecule has 0 bridgehead atoms. The van der Waals surface area contributed by atoms with E-state index in [1.165, 1.54) is 0 Å². The highest BCUT2D eigenvalue weighted by molar-refractivity contribution is 5.78. The summed E-state index contributed by atoms with van der Waals surface area (Å²) in [4.78, 5) is 32.9. The fourth-order valence-electron chi connectivity index (χ4n) is 3.32. The van der Waals surface area contributed by atoms with Gasteiger partial charge in [-0.1, -0.05) is 0 Å². The minimum atomic E-state index is -0.938. The van der Waals surface area contributed by atoms with Crippen LogP contribution in [0, 0.1) is 11.8 Å². The number of aliphatic carboxylic acids is 2. The van der Waals surface area contributed by atoms with Gasteiger partial charge in [0, 0.05) is 25.7 Å². The normalized spacial score (nSPS) is 27.0. The molecule has 0 spiro atoms. The molecule has 23 heavy (non-hydrogen) atoms. The third-order valence-electron chi connectivity index (χ3n) is 4.57. The second-order valence-corrected chi connectivity index (χ2v) is 6.31. The Morgan fingerprint density at radius 2 is 1.22 bits per heavy atom. The number of aliphatic hydroxyl groups is 2. The van der Waals surface area contributed by atoms with Crippen LogP contribution in [-0.2, 0) is 14.4 Å². The molecular formula is C16H26O7. The van der Waals surface area contributed by atoms with Crippen molar-refractivity contribution < 1.29 is 34.8 Å². The molecule has 1 fully saturated rings. The number of rotatable bonds is 11. The minimum Gasteiger partial charge on any atom is -0.481 e. The van der Waals surface area contributed by atoms with Gasteiger partial charge in [-0.3, -0.25) is 14.4 Å². The molecule has 0 radical (unpaired) electrons. The summed E-state index contributed by atoms with van der Waals surface area (Å²) in [6.45, 7) is 0. The van der Waals surface area contributed by atoms with Gasteiger partial charge < -0.3 is 20.4 Å². The lowest BCUT2D eigenvalue weighted by atomic mass is 9.85. The van der Waals surface area contributed by atoms with E-state index in [2.05, 4.69) is 0 Å². The van der Waals surface area contributed by atoms with E-state index in [4.69, 9.17) is 10.2 Å². The highest BCUT2D eigenvalue weighted by Crippen LogP contribution is 2.38. The molecular weight excluding hydrogens is 304 g/mol. The second kappa shape index (κ2) is 9.62. The Bertz CT molecular complexity index is 421. The number of unbranched alkanes of at least 4 members (excludes halogenated alkanes) is 1. The molecule has 0 aromatic carbocycles. The summed E-state index contributed by atoms with van der Waals surface area (Å²) in [6.07, 6.45) is 1.10. The van der Waals surface area contributed by atoms with E-state index in [0.717, 1.165) is 0 Å². The molecule has 1 aliphatic carbocycles. The van der Waals surface area contributed by atoms with Gasteiger partial charge in [-0.25, -0.2) is 0 Å². The molecule has 1 rings (SSSR count). The highest BCUT2D eigenvalue weighted by Gasteiger charge is 2.41. The molecule has 4 atom stereocenters. The zero-order valence-electron chi connectivity index (χ0n) is 13.2. The van der Waals surface area contributed by atoms with E-state index < -0.39 is 24.1 Å². The van der Waals surface area contributed by atoms with Gasteiger partial charge in [0.15, 0.2) is 0 Å². The van der Waals surface area contributed by atoms with Crippen LogP contribution in [0.15, 0.2) is 0 Å². The van der Waals surface area contributed by atoms with Crippen molar-refractivity contribution in [3.63, 3.8) is 0 Å². The van der Waals surface area contributed by atoms with E-state index >= 15 is 0 Å². The Morgan fingerprint density at radius 1 is 0.739 bits per heavy atom. The molecule has 4 N–H and O–H groups in total. The van der Waals surface area contributed by atoms with Gasteiger partial charge in [0.05, 0.1) is 12.2 Å². The monoisotopic (exact) mass is 330 g/mol. The Hall–Kier alpha value is -1.47. The maximum absolute atomic E-state index is 11.8. The van der Waals surface area contributed by atoms with Crippen LogP contribution in [-0.4, -0.2) is 50.4 Å². The average molecular weight is 330 g/mol. The van der Waals surface area contributed by atoms with Crippen LogP contribution >= 0.6 is 0 Å². The van der Waals surface area contributed by atoms with E-state index in [1.807, 2.05) is 0 Å². The molecule has 132 valence electrons. The number of aliphatic hydroxyl groups excluding tert-OH is 2. The number of carbonyl (C=O) groups is 3.